The standard InChI is InChI=1S/C14H15N5OS2/c1-9-15-11-5-3-4-6-12(11)19(9)7-8-21-14-18-17-13(22-14)16-10(2)20/h3-6H,7-8H2,1-2H3,(H,16,17,20). The van der Waals surface area contributed by atoms with Gasteiger partial charge in [0.1, 0.15) is 5.82 Å². The first-order valence-corrected chi connectivity index (χ1v) is 8.59. The molecule has 2 aromatic heterocycles. The lowest BCUT2D eigenvalue weighted by molar-refractivity contribution is -0.114. The van der Waals surface area contributed by atoms with Crippen molar-refractivity contribution in [2.75, 3.05) is 11.1 Å². The number of fused-ring (bicyclic) bond motifs is 1. The van der Waals surface area contributed by atoms with E-state index in [4.69, 9.17) is 0 Å². The van der Waals surface area contributed by atoms with Crippen molar-refractivity contribution < 1.29 is 4.79 Å². The topological polar surface area (TPSA) is 72.7 Å². The summed E-state index contributed by atoms with van der Waals surface area (Å²) in [5, 5.41) is 11.2. The van der Waals surface area contributed by atoms with Gasteiger partial charge in [0, 0.05) is 19.2 Å². The lowest BCUT2D eigenvalue weighted by atomic mass is 10.3. The van der Waals surface area contributed by atoms with Crippen LogP contribution in [0.4, 0.5) is 5.13 Å². The van der Waals surface area contributed by atoms with Gasteiger partial charge in [0.2, 0.25) is 11.0 Å². The summed E-state index contributed by atoms with van der Waals surface area (Å²) in [6, 6.07) is 8.13. The Labute approximate surface area is 136 Å². The molecule has 0 radical (unpaired) electrons. The Bertz CT molecular complexity index is 811. The number of aryl methyl sites for hydroxylation is 2. The number of hydrogen-bond acceptors (Lipinski definition) is 6. The second kappa shape index (κ2) is 6.45. The molecule has 0 aliphatic rings. The second-order valence-corrected chi connectivity index (χ2v) is 7.02. The number of thioether (sulfide) groups is 1. The molecule has 0 saturated heterocycles. The van der Waals surface area contributed by atoms with Crippen LogP contribution in [0.2, 0.25) is 0 Å². The molecular formula is C14H15N5OS2. The van der Waals surface area contributed by atoms with Crippen LogP contribution in [0.1, 0.15) is 12.7 Å². The van der Waals surface area contributed by atoms with Gasteiger partial charge in [0.15, 0.2) is 4.34 Å². The van der Waals surface area contributed by atoms with E-state index in [1.54, 1.807) is 11.8 Å². The highest BCUT2D eigenvalue weighted by Gasteiger charge is 2.09. The molecule has 0 saturated carbocycles. The summed E-state index contributed by atoms with van der Waals surface area (Å²) in [6.45, 7) is 4.33. The number of anilines is 1. The summed E-state index contributed by atoms with van der Waals surface area (Å²) in [5.74, 6) is 1.75. The Morgan fingerprint density at radius 3 is 3.00 bits per heavy atom. The number of nitrogens with zero attached hydrogens (tertiary/aromatic N) is 4. The molecule has 6 nitrogen and oxygen atoms in total. The van der Waals surface area contributed by atoms with Crippen molar-refractivity contribution >= 4 is 45.2 Å². The van der Waals surface area contributed by atoms with Gasteiger partial charge < -0.3 is 9.88 Å². The monoisotopic (exact) mass is 333 g/mol. The molecule has 2 heterocycles. The molecule has 0 aliphatic carbocycles. The van der Waals surface area contributed by atoms with Crippen molar-refractivity contribution in [2.45, 2.75) is 24.7 Å². The molecule has 114 valence electrons. The van der Waals surface area contributed by atoms with E-state index in [1.807, 2.05) is 25.1 Å². The van der Waals surface area contributed by atoms with Crippen molar-refractivity contribution in [2.24, 2.45) is 0 Å². The summed E-state index contributed by atoms with van der Waals surface area (Å²) < 4.78 is 3.06. The van der Waals surface area contributed by atoms with E-state index in [2.05, 4.69) is 31.1 Å². The Kier molecular flexibility index (Phi) is 4.39. The fourth-order valence-corrected chi connectivity index (χ4v) is 3.96. The van der Waals surface area contributed by atoms with Gasteiger partial charge >= 0.3 is 0 Å². The van der Waals surface area contributed by atoms with Crippen molar-refractivity contribution in [3.63, 3.8) is 0 Å². The number of hydrogen-bond donors (Lipinski definition) is 1. The first-order valence-electron chi connectivity index (χ1n) is 6.79. The zero-order chi connectivity index (χ0) is 15.5. The average Bonchev–Trinajstić information content (AvgIpc) is 3.03. The van der Waals surface area contributed by atoms with E-state index in [9.17, 15) is 4.79 Å². The Hall–Kier alpha value is -1.93. The molecule has 1 amide bonds. The van der Waals surface area contributed by atoms with E-state index in [0.29, 0.717) is 5.13 Å². The summed E-state index contributed by atoms with van der Waals surface area (Å²) in [5.41, 5.74) is 2.17. The van der Waals surface area contributed by atoms with E-state index >= 15 is 0 Å². The van der Waals surface area contributed by atoms with Crippen molar-refractivity contribution in [3.8, 4) is 0 Å². The third-order valence-corrected chi connectivity index (χ3v) is 5.03. The molecule has 8 heteroatoms. The van der Waals surface area contributed by atoms with Crippen LogP contribution in [-0.2, 0) is 11.3 Å². The maximum absolute atomic E-state index is 11.0. The number of rotatable bonds is 5. The van der Waals surface area contributed by atoms with Gasteiger partial charge in [-0.15, -0.1) is 10.2 Å². The zero-order valence-corrected chi connectivity index (χ0v) is 13.9. The van der Waals surface area contributed by atoms with E-state index in [-0.39, 0.29) is 5.91 Å². The van der Waals surface area contributed by atoms with Crippen LogP contribution >= 0.6 is 23.1 Å². The minimum atomic E-state index is -0.131. The van der Waals surface area contributed by atoms with Crippen molar-refractivity contribution in [1.82, 2.24) is 19.7 Å². The molecule has 22 heavy (non-hydrogen) atoms. The van der Waals surface area contributed by atoms with Gasteiger partial charge in [0.25, 0.3) is 0 Å². The average molecular weight is 333 g/mol. The van der Waals surface area contributed by atoms with E-state index < -0.39 is 0 Å². The highest BCUT2D eigenvalue weighted by Crippen LogP contribution is 2.26. The van der Waals surface area contributed by atoms with Crippen LogP contribution < -0.4 is 5.32 Å². The third kappa shape index (κ3) is 3.28. The largest absolute Gasteiger partial charge is 0.327 e. The summed E-state index contributed by atoms with van der Waals surface area (Å²) in [7, 11) is 0. The number of nitrogens with one attached hydrogen (secondary N) is 1. The molecule has 0 fully saturated rings. The van der Waals surface area contributed by atoms with Crippen LogP contribution in [0.25, 0.3) is 11.0 Å². The van der Waals surface area contributed by atoms with Gasteiger partial charge in [-0.25, -0.2) is 4.98 Å². The maximum Gasteiger partial charge on any atom is 0.223 e. The fourth-order valence-electron chi connectivity index (χ4n) is 2.17. The first kappa shape index (κ1) is 15.0. The number of amides is 1. The highest BCUT2D eigenvalue weighted by molar-refractivity contribution is 8.01. The van der Waals surface area contributed by atoms with Gasteiger partial charge in [-0.05, 0) is 19.1 Å². The molecule has 0 atom stereocenters. The van der Waals surface area contributed by atoms with Gasteiger partial charge in [-0.2, -0.15) is 0 Å². The number of aromatic nitrogens is 4. The maximum atomic E-state index is 11.0. The number of carbonyl (C=O) groups excluding carboxylic acids is 1. The van der Waals surface area contributed by atoms with Crippen LogP contribution in [0.15, 0.2) is 28.6 Å². The molecule has 0 bridgehead atoms. The second-order valence-electron chi connectivity index (χ2n) is 4.70. The minimum absolute atomic E-state index is 0.131. The summed E-state index contributed by atoms with van der Waals surface area (Å²) in [6.07, 6.45) is 0. The fraction of sp³-hybridized carbons (Fsp3) is 0.286. The van der Waals surface area contributed by atoms with Crippen molar-refractivity contribution in [3.05, 3.63) is 30.1 Å². The number of carbonyl (C=O) groups is 1. The van der Waals surface area contributed by atoms with Crippen LogP contribution in [-0.4, -0.2) is 31.4 Å². The smallest absolute Gasteiger partial charge is 0.223 e. The van der Waals surface area contributed by atoms with Crippen LogP contribution in [0.5, 0.6) is 0 Å². The lowest BCUT2D eigenvalue weighted by Gasteiger charge is -2.05. The van der Waals surface area contributed by atoms with E-state index in [1.165, 1.54) is 18.3 Å². The van der Waals surface area contributed by atoms with Gasteiger partial charge in [-0.1, -0.05) is 35.2 Å². The third-order valence-electron chi connectivity index (χ3n) is 3.08. The lowest BCUT2D eigenvalue weighted by Crippen LogP contribution is -2.04. The summed E-state index contributed by atoms with van der Waals surface area (Å²) >= 11 is 3.02. The molecule has 0 unspecified atom stereocenters. The quantitative estimate of drug-likeness (QED) is 0.574. The molecular weight excluding hydrogens is 318 g/mol. The minimum Gasteiger partial charge on any atom is -0.327 e. The Morgan fingerprint density at radius 2 is 2.18 bits per heavy atom. The molecule has 0 aliphatic heterocycles. The number of benzene rings is 1. The van der Waals surface area contributed by atoms with Gasteiger partial charge in [-0.3, -0.25) is 4.79 Å². The van der Waals surface area contributed by atoms with Gasteiger partial charge in [0.05, 0.1) is 11.0 Å². The molecule has 0 spiro atoms. The molecule has 1 N–H and O–H groups in total. The number of para-hydroxylation sites is 2. The van der Waals surface area contributed by atoms with Crippen molar-refractivity contribution in [1.29, 1.82) is 0 Å². The predicted molar refractivity (Wildman–Crippen MR) is 89.4 cm³/mol. The SMILES string of the molecule is CC(=O)Nc1nnc(SCCn2c(C)nc3ccccc32)s1. The van der Waals surface area contributed by atoms with E-state index in [0.717, 1.165) is 33.5 Å². The molecule has 3 rings (SSSR count). The normalized spacial score (nSPS) is 11.0. The van der Waals surface area contributed by atoms with Crippen LogP contribution in [0.3, 0.4) is 0 Å². The number of imidazole rings is 1. The zero-order valence-electron chi connectivity index (χ0n) is 12.2. The Morgan fingerprint density at radius 1 is 1.36 bits per heavy atom. The highest BCUT2D eigenvalue weighted by atomic mass is 32.2. The molecule has 3 aromatic rings. The Balaban J connectivity index is 1.64. The first-order chi connectivity index (χ1) is 10.6. The molecule has 1 aromatic carbocycles. The van der Waals surface area contributed by atoms with Crippen LogP contribution in [0, 0.1) is 6.92 Å². The predicted octanol–water partition coefficient (Wildman–Crippen LogP) is 2.95. The summed E-state index contributed by atoms with van der Waals surface area (Å²) in [4.78, 5) is 15.5.